The van der Waals surface area contributed by atoms with Gasteiger partial charge in [-0.05, 0) is 24.3 Å². The highest BCUT2D eigenvalue weighted by Crippen LogP contribution is 2.38. The first kappa shape index (κ1) is 15.9. The molecule has 1 heterocycles. The molecule has 0 N–H and O–H groups in total. The molecule has 0 aromatic heterocycles. The van der Waals surface area contributed by atoms with Gasteiger partial charge in [0.05, 0.1) is 18.7 Å². The van der Waals surface area contributed by atoms with E-state index in [9.17, 15) is 9.18 Å². The van der Waals surface area contributed by atoms with Crippen molar-refractivity contribution in [2.45, 2.75) is 6.54 Å². The van der Waals surface area contributed by atoms with Crippen LogP contribution in [0.15, 0.2) is 30.3 Å². The third-order valence-electron chi connectivity index (χ3n) is 3.50. The van der Waals surface area contributed by atoms with Crippen molar-refractivity contribution in [1.82, 2.24) is 0 Å². The van der Waals surface area contributed by atoms with Crippen LogP contribution in [0.1, 0.15) is 5.56 Å². The van der Waals surface area contributed by atoms with Crippen molar-refractivity contribution in [2.75, 3.05) is 18.6 Å². The Morgan fingerprint density at radius 2 is 2.04 bits per heavy atom. The van der Waals surface area contributed by atoms with E-state index in [1.807, 2.05) is 0 Å². The minimum absolute atomic E-state index is 0.0515. The van der Waals surface area contributed by atoms with E-state index in [0.717, 1.165) is 0 Å². The van der Waals surface area contributed by atoms with Crippen molar-refractivity contribution in [2.24, 2.45) is 0 Å². The molecule has 7 heteroatoms. The van der Waals surface area contributed by atoms with Crippen LogP contribution in [-0.4, -0.2) is 19.6 Å². The van der Waals surface area contributed by atoms with E-state index in [0.29, 0.717) is 27.8 Å². The zero-order valence-electron chi connectivity index (χ0n) is 12.1. The molecule has 0 saturated carbocycles. The van der Waals surface area contributed by atoms with Gasteiger partial charge in [-0.1, -0.05) is 23.2 Å². The SMILES string of the molecule is COc1cc(Cl)cc2c1OCC(=O)N(c1ccc(F)c(Cl)c1)C2. The highest BCUT2D eigenvalue weighted by atomic mass is 35.5. The summed E-state index contributed by atoms with van der Waals surface area (Å²) in [7, 11) is 1.50. The Morgan fingerprint density at radius 3 is 2.74 bits per heavy atom. The Balaban J connectivity index is 2.04. The maximum atomic E-state index is 13.3. The summed E-state index contributed by atoms with van der Waals surface area (Å²) in [6, 6.07) is 7.44. The molecule has 120 valence electrons. The standard InChI is InChI=1S/C16H12Cl2FNO3/c1-22-14-5-10(17)4-9-7-20(15(21)8-23-16(9)14)11-2-3-13(19)12(18)6-11/h2-6H,7-8H2,1H3. The van der Waals surface area contributed by atoms with Gasteiger partial charge in [0.15, 0.2) is 18.1 Å². The second-order valence-electron chi connectivity index (χ2n) is 4.96. The first-order chi connectivity index (χ1) is 11.0. The summed E-state index contributed by atoms with van der Waals surface area (Å²) in [6.07, 6.45) is 0. The van der Waals surface area contributed by atoms with Crippen LogP contribution in [0.25, 0.3) is 0 Å². The van der Waals surface area contributed by atoms with Crippen LogP contribution in [0.2, 0.25) is 10.0 Å². The fourth-order valence-electron chi connectivity index (χ4n) is 2.41. The molecule has 0 unspecified atom stereocenters. The molecule has 0 atom stereocenters. The number of nitrogens with zero attached hydrogens (tertiary/aromatic N) is 1. The van der Waals surface area contributed by atoms with Gasteiger partial charge in [0.2, 0.25) is 0 Å². The van der Waals surface area contributed by atoms with E-state index in [-0.39, 0.29) is 24.1 Å². The lowest BCUT2D eigenvalue weighted by Crippen LogP contribution is -2.32. The summed E-state index contributed by atoms with van der Waals surface area (Å²) in [5.41, 5.74) is 1.18. The number of methoxy groups -OCH3 is 1. The van der Waals surface area contributed by atoms with Gasteiger partial charge in [0.25, 0.3) is 5.91 Å². The van der Waals surface area contributed by atoms with E-state index >= 15 is 0 Å². The maximum Gasteiger partial charge on any atom is 0.265 e. The zero-order valence-corrected chi connectivity index (χ0v) is 13.6. The van der Waals surface area contributed by atoms with Crippen molar-refractivity contribution < 1.29 is 18.7 Å². The van der Waals surface area contributed by atoms with E-state index in [1.54, 1.807) is 12.1 Å². The smallest absolute Gasteiger partial charge is 0.265 e. The Kier molecular flexibility index (Phi) is 4.33. The second-order valence-corrected chi connectivity index (χ2v) is 5.81. The van der Waals surface area contributed by atoms with Crippen LogP contribution in [0.4, 0.5) is 10.1 Å². The molecule has 0 aliphatic carbocycles. The van der Waals surface area contributed by atoms with Gasteiger partial charge in [0, 0.05) is 22.3 Å². The fourth-order valence-corrected chi connectivity index (χ4v) is 2.82. The predicted molar refractivity (Wildman–Crippen MR) is 86.1 cm³/mol. The fraction of sp³-hybridized carbons (Fsp3) is 0.188. The quantitative estimate of drug-likeness (QED) is 0.814. The summed E-state index contributed by atoms with van der Waals surface area (Å²) >= 11 is 11.9. The number of hydrogen-bond acceptors (Lipinski definition) is 3. The lowest BCUT2D eigenvalue weighted by Gasteiger charge is -2.20. The Morgan fingerprint density at radius 1 is 1.26 bits per heavy atom. The molecular weight excluding hydrogens is 344 g/mol. The molecule has 1 aliphatic heterocycles. The van der Waals surface area contributed by atoms with E-state index in [1.165, 1.54) is 30.2 Å². The third-order valence-corrected chi connectivity index (χ3v) is 4.01. The minimum atomic E-state index is -0.543. The van der Waals surface area contributed by atoms with Gasteiger partial charge in [-0.2, -0.15) is 0 Å². The lowest BCUT2D eigenvalue weighted by molar-refractivity contribution is -0.120. The van der Waals surface area contributed by atoms with Crippen LogP contribution in [0, 0.1) is 5.82 Å². The molecule has 0 fully saturated rings. The molecular formula is C16H12Cl2FNO3. The number of halogens is 3. The second kappa shape index (κ2) is 6.26. The number of rotatable bonds is 2. The molecule has 0 saturated heterocycles. The summed E-state index contributed by atoms with van der Waals surface area (Å²) in [6.45, 7) is 0.0486. The Labute approximate surface area is 142 Å². The molecule has 2 aromatic carbocycles. The van der Waals surface area contributed by atoms with E-state index in [4.69, 9.17) is 32.7 Å². The van der Waals surface area contributed by atoms with E-state index < -0.39 is 5.82 Å². The van der Waals surface area contributed by atoms with Crippen molar-refractivity contribution in [3.05, 3.63) is 51.8 Å². The number of benzene rings is 2. The Hall–Kier alpha value is -1.98. The summed E-state index contributed by atoms with van der Waals surface area (Å²) in [5.74, 6) is 0.112. The molecule has 1 amide bonds. The number of hydrogen-bond donors (Lipinski definition) is 0. The number of carbonyl (C=O) groups excluding carboxylic acids is 1. The molecule has 0 spiro atoms. The van der Waals surface area contributed by atoms with Crippen LogP contribution in [0.3, 0.4) is 0 Å². The van der Waals surface area contributed by atoms with E-state index in [2.05, 4.69) is 0 Å². The molecule has 23 heavy (non-hydrogen) atoms. The van der Waals surface area contributed by atoms with Crippen molar-refractivity contribution >= 4 is 34.8 Å². The van der Waals surface area contributed by atoms with Crippen LogP contribution in [-0.2, 0) is 11.3 Å². The zero-order chi connectivity index (χ0) is 16.6. The molecule has 1 aliphatic rings. The predicted octanol–water partition coefficient (Wildman–Crippen LogP) is 4.07. The molecule has 3 rings (SSSR count). The Bertz CT molecular complexity index is 782. The van der Waals surface area contributed by atoms with Gasteiger partial charge < -0.3 is 14.4 Å². The number of ether oxygens (including phenoxy) is 2. The third kappa shape index (κ3) is 3.07. The normalized spacial score (nSPS) is 14.1. The highest BCUT2D eigenvalue weighted by molar-refractivity contribution is 6.31. The first-order valence-corrected chi connectivity index (χ1v) is 7.50. The summed E-state index contributed by atoms with van der Waals surface area (Å²) in [5, 5.41) is 0.417. The molecule has 0 radical (unpaired) electrons. The first-order valence-electron chi connectivity index (χ1n) is 6.74. The van der Waals surface area contributed by atoms with Gasteiger partial charge in [-0.25, -0.2) is 4.39 Å². The lowest BCUT2D eigenvalue weighted by atomic mass is 10.1. The van der Waals surface area contributed by atoms with Crippen molar-refractivity contribution in [1.29, 1.82) is 0 Å². The topological polar surface area (TPSA) is 38.8 Å². The minimum Gasteiger partial charge on any atom is -0.493 e. The van der Waals surface area contributed by atoms with Gasteiger partial charge >= 0.3 is 0 Å². The molecule has 2 aromatic rings. The van der Waals surface area contributed by atoms with Crippen LogP contribution >= 0.6 is 23.2 Å². The van der Waals surface area contributed by atoms with Crippen molar-refractivity contribution in [3.63, 3.8) is 0 Å². The number of carbonyl (C=O) groups is 1. The van der Waals surface area contributed by atoms with Crippen LogP contribution < -0.4 is 14.4 Å². The van der Waals surface area contributed by atoms with Crippen LogP contribution in [0.5, 0.6) is 11.5 Å². The van der Waals surface area contributed by atoms with Crippen molar-refractivity contribution in [3.8, 4) is 11.5 Å². The van der Waals surface area contributed by atoms with Gasteiger partial charge in [0.1, 0.15) is 5.82 Å². The number of fused-ring (bicyclic) bond motifs is 1. The number of anilines is 1. The monoisotopic (exact) mass is 355 g/mol. The van der Waals surface area contributed by atoms with Gasteiger partial charge in [-0.15, -0.1) is 0 Å². The summed E-state index contributed by atoms with van der Waals surface area (Å²) in [4.78, 5) is 13.8. The highest BCUT2D eigenvalue weighted by Gasteiger charge is 2.26. The maximum absolute atomic E-state index is 13.3. The summed E-state index contributed by atoms with van der Waals surface area (Å²) < 4.78 is 24.2. The molecule has 0 bridgehead atoms. The average molecular weight is 356 g/mol. The average Bonchev–Trinajstić information content (AvgIpc) is 2.69. The molecule has 4 nitrogen and oxygen atoms in total. The number of amides is 1. The largest absolute Gasteiger partial charge is 0.493 e. The van der Waals surface area contributed by atoms with Gasteiger partial charge in [-0.3, -0.25) is 4.79 Å².